The molecule has 0 heterocycles. The third kappa shape index (κ3) is 2.60. The molecule has 92 valence electrons. The fraction of sp³-hybridized carbons (Fsp3) is 0.0714. The summed E-state index contributed by atoms with van der Waals surface area (Å²) in [6, 6.07) is 14.2. The summed E-state index contributed by atoms with van der Waals surface area (Å²) < 4.78 is 10.2. The maximum absolute atomic E-state index is 11.4. The molecule has 4 heteroatoms. The Morgan fingerprint density at radius 2 is 1.78 bits per heavy atom. The smallest absolute Gasteiger partial charge is 0.339 e. The second-order valence-corrected chi connectivity index (χ2v) is 3.66. The molecule has 18 heavy (non-hydrogen) atoms. The Labute approximate surface area is 105 Å². The summed E-state index contributed by atoms with van der Waals surface area (Å²) in [5.74, 6) is 0.827. The molecule has 2 aromatic rings. The molecule has 0 bridgehead atoms. The Morgan fingerprint density at radius 1 is 1.06 bits per heavy atom. The van der Waals surface area contributed by atoms with E-state index in [-0.39, 0.29) is 0 Å². The van der Waals surface area contributed by atoms with Gasteiger partial charge >= 0.3 is 5.97 Å². The van der Waals surface area contributed by atoms with Gasteiger partial charge in [0.1, 0.15) is 11.5 Å². The first-order valence-electron chi connectivity index (χ1n) is 5.41. The Morgan fingerprint density at radius 3 is 2.39 bits per heavy atom. The lowest BCUT2D eigenvalue weighted by Crippen LogP contribution is -2.05. The van der Waals surface area contributed by atoms with Crippen LogP contribution in [0.1, 0.15) is 10.4 Å². The van der Waals surface area contributed by atoms with Crippen LogP contribution in [0.25, 0.3) is 0 Å². The van der Waals surface area contributed by atoms with E-state index in [1.165, 1.54) is 7.11 Å². The molecular weight excluding hydrogens is 230 g/mol. The largest absolute Gasteiger partial charge is 0.465 e. The molecular formula is C14H13NO3. The van der Waals surface area contributed by atoms with Crippen LogP contribution in [0.4, 0.5) is 5.69 Å². The van der Waals surface area contributed by atoms with Gasteiger partial charge in [-0.2, -0.15) is 0 Å². The molecule has 4 nitrogen and oxygen atoms in total. The summed E-state index contributed by atoms with van der Waals surface area (Å²) in [5, 5.41) is 0. The standard InChI is InChI=1S/C14H13NO3/c1-17-14(16)12-8-7-11(9-13(12)15)18-10-5-3-2-4-6-10/h2-9H,15H2,1H3. The fourth-order valence-corrected chi connectivity index (χ4v) is 1.52. The fourth-order valence-electron chi connectivity index (χ4n) is 1.52. The zero-order valence-electron chi connectivity index (χ0n) is 9.92. The topological polar surface area (TPSA) is 61.5 Å². The highest BCUT2D eigenvalue weighted by molar-refractivity contribution is 5.95. The van der Waals surface area contributed by atoms with E-state index >= 15 is 0 Å². The molecule has 0 atom stereocenters. The number of hydrogen-bond donors (Lipinski definition) is 1. The van der Waals surface area contributed by atoms with Crippen LogP contribution in [-0.2, 0) is 4.74 Å². The maximum Gasteiger partial charge on any atom is 0.339 e. The highest BCUT2D eigenvalue weighted by Crippen LogP contribution is 2.25. The highest BCUT2D eigenvalue weighted by Gasteiger charge is 2.10. The molecule has 0 aromatic heterocycles. The lowest BCUT2D eigenvalue weighted by molar-refractivity contribution is 0.0602. The second kappa shape index (κ2) is 5.23. The molecule has 0 spiro atoms. The van der Waals surface area contributed by atoms with E-state index < -0.39 is 5.97 Å². The SMILES string of the molecule is COC(=O)c1ccc(Oc2ccccc2)cc1N. The van der Waals surface area contributed by atoms with E-state index in [4.69, 9.17) is 10.5 Å². The monoisotopic (exact) mass is 243 g/mol. The van der Waals surface area contributed by atoms with Crippen molar-refractivity contribution in [3.8, 4) is 11.5 Å². The number of ether oxygens (including phenoxy) is 2. The van der Waals surface area contributed by atoms with E-state index in [0.29, 0.717) is 22.7 Å². The first-order valence-corrected chi connectivity index (χ1v) is 5.41. The first kappa shape index (κ1) is 12.0. The Kier molecular flexibility index (Phi) is 3.48. The number of nitrogen functional groups attached to an aromatic ring is 1. The van der Waals surface area contributed by atoms with Crippen molar-refractivity contribution < 1.29 is 14.3 Å². The Bertz CT molecular complexity index is 552. The van der Waals surface area contributed by atoms with Crippen molar-refractivity contribution in [2.75, 3.05) is 12.8 Å². The minimum atomic E-state index is -0.459. The van der Waals surface area contributed by atoms with Gasteiger partial charge in [0.2, 0.25) is 0 Å². The average molecular weight is 243 g/mol. The van der Waals surface area contributed by atoms with E-state index in [1.54, 1.807) is 18.2 Å². The van der Waals surface area contributed by atoms with Crippen LogP contribution >= 0.6 is 0 Å². The number of carbonyl (C=O) groups excluding carboxylic acids is 1. The minimum absolute atomic E-state index is 0.329. The van der Waals surface area contributed by atoms with Gasteiger partial charge in [-0.25, -0.2) is 4.79 Å². The third-order valence-electron chi connectivity index (χ3n) is 2.41. The number of anilines is 1. The van der Waals surface area contributed by atoms with E-state index in [9.17, 15) is 4.79 Å². The Hall–Kier alpha value is -2.49. The van der Waals surface area contributed by atoms with Gasteiger partial charge in [-0.15, -0.1) is 0 Å². The van der Waals surface area contributed by atoms with Gasteiger partial charge in [0, 0.05) is 11.8 Å². The molecule has 0 saturated carbocycles. The van der Waals surface area contributed by atoms with Gasteiger partial charge in [-0.1, -0.05) is 18.2 Å². The van der Waals surface area contributed by atoms with Crippen molar-refractivity contribution in [1.29, 1.82) is 0 Å². The lowest BCUT2D eigenvalue weighted by Gasteiger charge is -2.08. The summed E-state index contributed by atoms with van der Waals surface area (Å²) >= 11 is 0. The molecule has 2 rings (SSSR count). The van der Waals surface area contributed by atoms with Crippen LogP contribution < -0.4 is 10.5 Å². The quantitative estimate of drug-likeness (QED) is 0.665. The number of benzene rings is 2. The van der Waals surface area contributed by atoms with Crippen molar-refractivity contribution in [2.45, 2.75) is 0 Å². The van der Waals surface area contributed by atoms with Gasteiger partial charge in [0.05, 0.1) is 12.7 Å². The van der Waals surface area contributed by atoms with E-state index in [0.717, 1.165) is 0 Å². The summed E-state index contributed by atoms with van der Waals surface area (Å²) in [6.07, 6.45) is 0. The van der Waals surface area contributed by atoms with Crippen LogP contribution in [0, 0.1) is 0 Å². The third-order valence-corrected chi connectivity index (χ3v) is 2.41. The van der Waals surface area contributed by atoms with E-state index in [1.807, 2.05) is 30.3 Å². The number of carbonyl (C=O) groups is 1. The maximum atomic E-state index is 11.4. The van der Waals surface area contributed by atoms with Gasteiger partial charge in [-0.3, -0.25) is 0 Å². The zero-order chi connectivity index (χ0) is 13.0. The summed E-state index contributed by atoms with van der Waals surface area (Å²) in [4.78, 5) is 11.4. The predicted molar refractivity (Wildman–Crippen MR) is 68.7 cm³/mol. The summed E-state index contributed by atoms with van der Waals surface area (Å²) in [5.41, 5.74) is 6.43. The number of para-hydroxylation sites is 1. The van der Waals surface area contributed by atoms with Crippen molar-refractivity contribution in [3.05, 3.63) is 54.1 Å². The van der Waals surface area contributed by atoms with E-state index in [2.05, 4.69) is 4.74 Å². The van der Waals surface area contributed by atoms with Gasteiger partial charge in [-0.05, 0) is 24.3 Å². The molecule has 0 radical (unpaired) electrons. The molecule has 0 aliphatic carbocycles. The van der Waals surface area contributed by atoms with Crippen LogP contribution in [-0.4, -0.2) is 13.1 Å². The summed E-state index contributed by atoms with van der Waals surface area (Å²) in [6.45, 7) is 0. The molecule has 0 unspecified atom stereocenters. The van der Waals surface area contributed by atoms with Crippen LogP contribution in [0.2, 0.25) is 0 Å². The van der Waals surface area contributed by atoms with Crippen molar-refractivity contribution in [1.82, 2.24) is 0 Å². The van der Waals surface area contributed by atoms with Crippen LogP contribution in [0.3, 0.4) is 0 Å². The molecule has 0 amide bonds. The van der Waals surface area contributed by atoms with Gasteiger partial charge < -0.3 is 15.2 Å². The Balaban J connectivity index is 2.22. The molecule has 0 aliphatic heterocycles. The second-order valence-electron chi connectivity index (χ2n) is 3.66. The average Bonchev–Trinajstić information content (AvgIpc) is 2.39. The molecule has 2 aromatic carbocycles. The summed E-state index contributed by atoms with van der Waals surface area (Å²) in [7, 11) is 1.32. The number of hydrogen-bond acceptors (Lipinski definition) is 4. The first-order chi connectivity index (χ1) is 8.70. The predicted octanol–water partition coefficient (Wildman–Crippen LogP) is 2.85. The van der Waals surface area contributed by atoms with Crippen molar-refractivity contribution in [3.63, 3.8) is 0 Å². The highest BCUT2D eigenvalue weighted by atomic mass is 16.5. The van der Waals surface area contributed by atoms with Crippen LogP contribution in [0.5, 0.6) is 11.5 Å². The molecule has 2 N–H and O–H groups in total. The zero-order valence-corrected chi connectivity index (χ0v) is 9.92. The number of methoxy groups -OCH3 is 1. The van der Waals surface area contributed by atoms with Gasteiger partial charge in [0.15, 0.2) is 0 Å². The lowest BCUT2D eigenvalue weighted by atomic mass is 10.2. The normalized spacial score (nSPS) is 9.83. The molecule has 0 aliphatic rings. The van der Waals surface area contributed by atoms with Crippen molar-refractivity contribution >= 4 is 11.7 Å². The number of nitrogens with two attached hydrogens (primary N) is 1. The molecule has 0 fully saturated rings. The van der Waals surface area contributed by atoms with Crippen LogP contribution in [0.15, 0.2) is 48.5 Å². The van der Waals surface area contributed by atoms with Crippen molar-refractivity contribution in [2.24, 2.45) is 0 Å². The minimum Gasteiger partial charge on any atom is -0.465 e. The van der Waals surface area contributed by atoms with Gasteiger partial charge in [0.25, 0.3) is 0 Å². The number of esters is 1. The molecule has 0 saturated heterocycles. The number of rotatable bonds is 3.